The molecule has 0 amide bonds. The fourth-order valence-electron chi connectivity index (χ4n) is 1.87. The second-order valence-corrected chi connectivity index (χ2v) is 4.85. The summed E-state index contributed by atoms with van der Waals surface area (Å²) in [6.45, 7) is 3.50. The topological polar surface area (TPSA) is 63.8 Å². The Morgan fingerprint density at radius 1 is 1.36 bits per heavy atom. The number of pyridine rings is 2. The van der Waals surface area contributed by atoms with Crippen molar-refractivity contribution in [1.29, 1.82) is 0 Å². The van der Waals surface area contributed by atoms with Gasteiger partial charge in [0.1, 0.15) is 5.15 Å². The molecule has 2 heterocycles. The van der Waals surface area contributed by atoms with Crippen LogP contribution in [0.5, 0.6) is 0 Å². The highest BCUT2D eigenvalue weighted by Gasteiger charge is 2.33. The van der Waals surface area contributed by atoms with Crippen LogP contribution in [0.15, 0.2) is 37.3 Å². The second-order valence-electron chi connectivity index (χ2n) is 4.46. The summed E-state index contributed by atoms with van der Waals surface area (Å²) in [4.78, 5) is 7.59. The molecular formula is C14H12ClF3N4. The summed E-state index contributed by atoms with van der Waals surface area (Å²) in [5, 5.41) is 3.05. The van der Waals surface area contributed by atoms with Crippen LogP contribution in [0.1, 0.15) is 16.7 Å². The van der Waals surface area contributed by atoms with E-state index >= 15 is 0 Å². The molecule has 0 atom stereocenters. The molecule has 0 saturated heterocycles. The van der Waals surface area contributed by atoms with E-state index < -0.39 is 11.7 Å². The van der Waals surface area contributed by atoms with Crippen LogP contribution < -0.4 is 11.1 Å². The Morgan fingerprint density at radius 2 is 2.09 bits per heavy atom. The predicted octanol–water partition coefficient (Wildman–Crippen LogP) is 3.69. The third-order valence-electron chi connectivity index (χ3n) is 2.89. The summed E-state index contributed by atoms with van der Waals surface area (Å²) in [6.07, 6.45) is -0.782. The minimum absolute atomic E-state index is 0.0107. The summed E-state index contributed by atoms with van der Waals surface area (Å²) in [5.74, 6) is 0. The second kappa shape index (κ2) is 6.23. The Kier molecular flexibility index (Phi) is 4.56. The zero-order valence-corrected chi connectivity index (χ0v) is 12.0. The first-order valence-electron chi connectivity index (χ1n) is 6.13. The molecule has 2 rings (SSSR count). The van der Waals surface area contributed by atoms with Crippen molar-refractivity contribution in [2.75, 3.05) is 5.32 Å². The van der Waals surface area contributed by atoms with Gasteiger partial charge in [0.25, 0.3) is 0 Å². The maximum atomic E-state index is 12.9. The van der Waals surface area contributed by atoms with Crippen LogP contribution in [0.4, 0.5) is 18.9 Å². The van der Waals surface area contributed by atoms with Gasteiger partial charge < -0.3 is 11.1 Å². The van der Waals surface area contributed by atoms with Crippen LogP contribution in [0.2, 0.25) is 5.15 Å². The number of halogens is 4. The first-order chi connectivity index (χ1) is 10.3. The van der Waals surface area contributed by atoms with Crippen molar-refractivity contribution in [2.24, 2.45) is 5.73 Å². The molecule has 8 heteroatoms. The molecule has 22 heavy (non-hydrogen) atoms. The summed E-state index contributed by atoms with van der Waals surface area (Å²) >= 11 is 5.79. The number of nitrogens with two attached hydrogens (primary N) is 1. The Balaban J connectivity index is 2.28. The first kappa shape index (κ1) is 16.1. The minimum Gasteiger partial charge on any atom is -0.399 e. The fraction of sp³-hybridized carbons (Fsp3) is 0.143. The average molecular weight is 329 g/mol. The van der Waals surface area contributed by atoms with E-state index in [0.717, 1.165) is 18.5 Å². The molecule has 2 aromatic rings. The average Bonchev–Trinajstić information content (AvgIpc) is 2.44. The molecule has 0 spiro atoms. The lowest BCUT2D eigenvalue weighted by Crippen LogP contribution is -2.13. The maximum absolute atomic E-state index is 12.9. The van der Waals surface area contributed by atoms with E-state index in [1.807, 2.05) is 0 Å². The van der Waals surface area contributed by atoms with Crippen molar-refractivity contribution in [2.45, 2.75) is 12.7 Å². The van der Waals surface area contributed by atoms with Crippen molar-refractivity contribution >= 4 is 23.0 Å². The Morgan fingerprint density at radius 3 is 2.73 bits per heavy atom. The van der Waals surface area contributed by atoms with Gasteiger partial charge in [-0.15, -0.1) is 0 Å². The van der Waals surface area contributed by atoms with Crippen LogP contribution in [0, 0.1) is 0 Å². The summed E-state index contributed by atoms with van der Waals surface area (Å²) in [5.41, 5.74) is 6.04. The van der Waals surface area contributed by atoms with Crippen molar-refractivity contribution in [3.63, 3.8) is 0 Å². The molecule has 0 fully saturated rings. The van der Waals surface area contributed by atoms with Crippen molar-refractivity contribution in [3.8, 4) is 0 Å². The lowest BCUT2D eigenvalue weighted by molar-refractivity contribution is -0.138. The molecule has 0 bridgehead atoms. The standard InChI is InChI=1S/C14H12ClF3N4/c1-8(19)10-7-22-13(15)4-12(10)21-6-9-5-20-3-2-11(9)14(16,17)18/h2-5,7H,1,6,19H2,(H,21,22). The molecule has 0 radical (unpaired) electrons. The number of aromatic nitrogens is 2. The van der Waals surface area contributed by atoms with E-state index in [2.05, 4.69) is 21.9 Å². The number of nitrogens with zero attached hydrogens (tertiary/aromatic N) is 2. The third kappa shape index (κ3) is 3.67. The first-order valence-corrected chi connectivity index (χ1v) is 6.51. The van der Waals surface area contributed by atoms with Crippen LogP contribution >= 0.6 is 11.6 Å². The zero-order valence-electron chi connectivity index (χ0n) is 11.3. The molecule has 2 aromatic heterocycles. The van der Waals surface area contributed by atoms with Gasteiger partial charge in [-0.2, -0.15) is 13.2 Å². The van der Waals surface area contributed by atoms with Gasteiger partial charge in [0.15, 0.2) is 0 Å². The molecule has 116 valence electrons. The Labute approximate surface area is 129 Å². The maximum Gasteiger partial charge on any atom is 0.416 e. The molecule has 4 nitrogen and oxygen atoms in total. The van der Waals surface area contributed by atoms with Gasteiger partial charge >= 0.3 is 6.18 Å². The largest absolute Gasteiger partial charge is 0.416 e. The molecule has 0 saturated carbocycles. The number of anilines is 1. The predicted molar refractivity (Wildman–Crippen MR) is 79.0 cm³/mol. The van der Waals surface area contributed by atoms with Crippen LogP contribution in [0.25, 0.3) is 5.70 Å². The quantitative estimate of drug-likeness (QED) is 0.840. The van der Waals surface area contributed by atoms with Gasteiger partial charge in [-0.05, 0) is 12.1 Å². The molecule has 0 aromatic carbocycles. The number of nitrogens with one attached hydrogen (secondary N) is 1. The lowest BCUT2D eigenvalue weighted by atomic mass is 10.1. The normalized spacial score (nSPS) is 11.3. The van der Waals surface area contributed by atoms with Crippen molar-refractivity contribution in [1.82, 2.24) is 9.97 Å². The summed E-state index contributed by atoms with van der Waals surface area (Å²) in [7, 11) is 0. The van der Waals surface area contributed by atoms with Crippen LogP contribution in [0.3, 0.4) is 0 Å². The molecular weight excluding hydrogens is 317 g/mol. The Hall–Kier alpha value is -2.28. The third-order valence-corrected chi connectivity index (χ3v) is 3.10. The van der Waals surface area contributed by atoms with Gasteiger partial charge in [-0.25, -0.2) is 4.98 Å². The van der Waals surface area contributed by atoms with Gasteiger partial charge in [-0.1, -0.05) is 18.2 Å². The monoisotopic (exact) mass is 328 g/mol. The van der Waals surface area contributed by atoms with Gasteiger partial charge in [0.2, 0.25) is 0 Å². The van der Waals surface area contributed by atoms with E-state index in [-0.39, 0.29) is 23.0 Å². The van der Waals surface area contributed by atoms with E-state index in [9.17, 15) is 13.2 Å². The highest BCUT2D eigenvalue weighted by molar-refractivity contribution is 6.29. The van der Waals surface area contributed by atoms with Gasteiger partial charge in [0.05, 0.1) is 5.56 Å². The van der Waals surface area contributed by atoms with Gasteiger partial charge in [0, 0.05) is 47.6 Å². The van der Waals surface area contributed by atoms with Crippen molar-refractivity contribution < 1.29 is 13.2 Å². The van der Waals surface area contributed by atoms with E-state index in [1.54, 1.807) is 0 Å². The minimum atomic E-state index is -4.45. The van der Waals surface area contributed by atoms with E-state index in [1.165, 1.54) is 12.3 Å². The van der Waals surface area contributed by atoms with E-state index in [0.29, 0.717) is 11.3 Å². The smallest absolute Gasteiger partial charge is 0.399 e. The molecule has 0 aliphatic rings. The molecule has 0 aliphatic carbocycles. The highest BCUT2D eigenvalue weighted by atomic mass is 35.5. The zero-order chi connectivity index (χ0) is 16.3. The highest BCUT2D eigenvalue weighted by Crippen LogP contribution is 2.32. The molecule has 3 N–H and O–H groups in total. The summed E-state index contributed by atoms with van der Waals surface area (Å²) in [6, 6.07) is 2.40. The SMILES string of the molecule is C=C(N)c1cnc(Cl)cc1NCc1cnccc1C(F)(F)F. The summed E-state index contributed by atoms with van der Waals surface area (Å²) < 4.78 is 38.8. The molecule has 0 aliphatic heterocycles. The van der Waals surface area contributed by atoms with Gasteiger partial charge in [-0.3, -0.25) is 4.98 Å². The van der Waals surface area contributed by atoms with Crippen LogP contribution in [-0.2, 0) is 12.7 Å². The van der Waals surface area contributed by atoms with Crippen molar-refractivity contribution in [3.05, 3.63) is 59.1 Å². The lowest BCUT2D eigenvalue weighted by Gasteiger charge is -2.15. The van der Waals surface area contributed by atoms with Crippen LogP contribution in [-0.4, -0.2) is 9.97 Å². The number of alkyl halides is 3. The number of hydrogen-bond donors (Lipinski definition) is 2. The number of hydrogen-bond acceptors (Lipinski definition) is 4. The molecule has 0 unspecified atom stereocenters. The van der Waals surface area contributed by atoms with E-state index in [4.69, 9.17) is 17.3 Å². The number of rotatable bonds is 4. The Bertz CT molecular complexity index is 701. The fourth-order valence-corrected chi connectivity index (χ4v) is 2.02.